The van der Waals surface area contributed by atoms with Crippen LogP contribution in [-0.2, 0) is 4.57 Å². The molecule has 0 amide bonds. The predicted octanol–water partition coefficient (Wildman–Crippen LogP) is 9.43. The van der Waals surface area contributed by atoms with E-state index >= 15 is 4.57 Å². The van der Waals surface area contributed by atoms with Crippen LogP contribution in [0.25, 0.3) is 33.0 Å². The fourth-order valence-corrected chi connectivity index (χ4v) is 9.84. The van der Waals surface area contributed by atoms with E-state index in [1.165, 1.54) is 12.1 Å². The minimum absolute atomic E-state index is 0.294. The second kappa shape index (κ2) is 11.0. The maximum atomic E-state index is 16.4. The zero-order chi connectivity index (χ0) is 30.4. The molecule has 7 aromatic rings. The van der Waals surface area contributed by atoms with E-state index < -0.39 is 13.2 Å². The molecule has 0 aromatic heterocycles. The minimum Gasteiger partial charge on any atom is -0.480 e. The quantitative estimate of drug-likeness (QED) is 0.184. The van der Waals surface area contributed by atoms with Crippen LogP contribution in [0.4, 0.5) is 4.39 Å². The molecule has 1 atom stereocenters. The van der Waals surface area contributed by atoms with Crippen molar-refractivity contribution in [2.24, 2.45) is 0 Å². The molecular weight excluding hydrogens is 574 g/mol. The van der Waals surface area contributed by atoms with Crippen molar-refractivity contribution < 1.29 is 13.7 Å². The van der Waals surface area contributed by atoms with Gasteiger partial charge in [-0.3, -0.25) is 0 Å². The van der Waals surface area contributed by atoms with Crippen LogP contribution < -0.4 is 20.7 Å². The molecule has 8 rings (SSSR count). The number of para-hydroxylation sites is 1. The lowest BCUT2D eigenvalue weighted by Gasteiger charge is -2.36. The summed E-state index contributed by atoms with van der Waals surface area (Å²) >= 11 is 0. The van der Waals surface area contributed by atoms with Crippen LogP contribution in [0.2, 0.25) is 0 Å². The van der Waals surface area contributed by atoms with Crippen LogP contribution in [0.15, 0.2) is 164 Å². The van der Waals surface area contributed by atoms with Gasteiger partial charge in [0.05, 0.1) is 0 Å². The fraction of sp³-hybridized carbons (Fsp3) is 0.0244. The topological polar surface area (TPSA) is 26.3 Å². The summed E-state index contributed by atoms with van der Waals surface area (Å²) in [5.74, 6) is 0.454. The van der Waals surface area contributed by atoms with Crippen LogP contribution in [0, 0.1) is 5.82 Å². The molecule has 1 unspecified atom stereocenters. The Bertz CT molecular complexity index is 2170. The number of hydrogen-bond donors (Lipinski definition) is 0. The van der Waals surface area contributed by atoms with Crippen molar-refractivity contribution in [2.75, 3.05) is 0 Å². The SMILES string of the molecule is O=P(c1ccccc1)(c1ccccc1)c1c2c(c(-c3ccc(F)cc3)c3ccccc13)-c1ccccc1OC2c1ccccc1. The van der Waals surface area contributed by atoms with Gasteiger partial charge in [0.25, 0.3) is 0 Å². The summed E-state index contributed by atoms with van der Waals surface area (Å²) in [6.07, 6.45) is -0.546. The van der Waals surface area contributed by atoms with Crippen molar-refractivity contribution >= 4 is 33.8 Å². The Labute approximate surface area is 261 Å². The summed E-state index contributed by atoms with van der Waals surface area (Å²) in [7, 11) is -3.51. The van der Waals surface area contributed by atoms with Crippen LogP contribution >= 0.6 is 7.14 Å². The van der Waals surface area contributed by atoms with Crippen molar-refractivity contribution in [1.82, 2.24) is 0 Å². The molecule has 0 fully saturated rings. The molecule has 45 heavy (non-hydrogen) atoms. The molecule has 0 N–H and O–H groups in total. The average molecular weight is 603 g/mol. The molecule has 2 nitrogen and oxygen atoms in total. The van der Waals surface area contributed by atoms with E-state index in [0.29, 0.717) is 0 Å². The van der Waals surface area contributed by atoms with Gasteiger partial charge in [0, 0.05) is 32.6 Å². The standard InChI is InChI=1S/C41H28FO2P/c42-30-26-24-28(25-27-30)37-33-20-10-11-21-34(33)41(45(43,31-16-6-2-7-17-31)32-18-8-3-9-19-32)39-38(37)35-22-12-13-23-36(35)44-40(39)29-14-4-1-5-15-29/h1-27,40H. The van der Waals surface area contributed by atoms with E-state index in [2.05, 4.69) is 30.3 Å². The van der Waals surface area contributed by atoms with Crippen molar-refractivity contribution in [3.63, 3.8) is 0 Å². The van der Waals surface area contributed by atoms with Crippen LogP contribution in [0.5, 0.6) is 5.75 Å². The summed E-state index contributed by atoms with van der Waals surface area (Å²) in [4.78, 5) is 0. The maximum absolute atomic E-state index is 16.4. The first-order chi connectivity index (χ1) is 22.1. The highest BCUT2D eigenvalue weighted by molar-refractivity contribution is 7.85. The van der Waals surface area contributed by atoms with Crippen molar-refractivity contribution in [1.29, 1.82) is 0 Å². The number of rotatable bonds is 5. The van der Waals surface area contributed by atoms with Gasteiger partial charge in [-0.05, 0) is 45.7 Å². The molecule has 0 spiro atoms. The van der Waals surface area contributed by atoms with Crippen LogP contribution in [-0.4, -0.2) is 0 Å². The summed E-state index contributed by atoms with van der Waals surface area (Å²) in [5.41, 5.74) is 5.55. The van der Waals surface area contributed by atoms with Crippen LogP contribution in [0.1, 0.15) is 17.2 Å². The molecule has 0 saturated carbocycles. The fourth-order valence-electron chi connectivity index (χ4n) is 6.74. The van der Waals surface area contributed by atoms with E-state index in [-0.39, 0.29) is 5.82 Å². The Balaban J connectivity index is 1.63. The molecular formula is C41H28FO2P. The summed E-state index contributed by atoms with van der Waals surface area (Å²) in [5, 5.41) is 4.11. The van der Waals surface area contributed by atoms with Crippen molar-refractivity contribution in [2.45, 2.75) is 6.10 Å². The Hall–Kier alpha value is -5.24. The van der Waals surface area contributed by atoms with Gasteiger partial charge >= 0.3 is 0 Å². The van der Waals surface area contributed by atoms with Gasteiger partial charge in [-0.25, -0.2) is 4.39 Å². The summed E-state index contributed by atoms with van der Waals surface area (Å²) in [6.45, 7) is 0. The van der Waals surface area contributed by atoms with Crippen molar-refractivity contribution in [3.8, 4) is 28.0 Å². The van der Waals surface area contributed by atoms with Crippen LogP contribution in [0.3, 0.4) is 0 Å². The van der Waals surface area contributed by atoms with E-state index in [0.717, 1.165) is 65.8 Å². The molecule has 0 radical (unpaired) electrons. The number of fused-ring (bicyclic) bond motifs is 4. The highest BCUT2D eigenvalue weighted by atomic mass is 31.2. The molecule has 0 saturated heterocycles. The lowest BCUT2D eigenvalue weighted by Crippen LogP contribution is -2.32. The summed E-state index contributed by atoms with van der Waals surface area (Å²) in [6, 6.07) is 52.6. The van der Waals surface area contributed by atoms with Gasteiger partial charge in [0.2, 0.25) is 0 Å². The third-order valence-corrected chi connectivity index (χ3v) is 11.8. The molecule has 1 heterocycles. The normalized spacial score (nSPS) is 13.9. The largest absolute Gasteiger partial charge is 0.480 e. The molecule has 1 aliphatic heterocycles. The molecule has 7 aromatic carbocycles. The smallest absolute Gasteiger partial charge is 0.172 e. The minimum atomic E-state index is -3.51. The first-order valence-corrected chi connectivity index (χ1v) is 16.7. The zero-order valence-electron chi connectivity index (χ0n) is 24.3. The Morgan fingerprint density at radius 2 is 1.07 bits per heavy atom. The van der Waals surface area contributed by atoms with E-state index in [1.54, 1.807) is 0 Å². The van der Waals surface area contributed by atoms with E-state index in [4.69, 9.17) is 4.74 Å². The van der Waals surface area contributed by atoms with Gasteiger partial charge in [0.15, 0.2) is 13.2 Å². The monoisotopic (exact) mass is 602 g/mol. The number of halogens is 1. The van der Waals surface area contributed by atoms with E-state index in [9.17, 15) is 4.39 Å². The van der Waals surface area contributed by atoms with Gasteiger partial charge in [0.1, 0.15) is 11.6 Å². The van der Waals surface area contributed by atoms with Gasteiger partial charge in [-0.2, -0.15) is 0 Å². The van der Waals surface area contributed by atoms with Gasteiger partial charge < -0.3 is 9.30 Å². The first kappa shape index (κ1) is 27.3. The molecule has 0 aliphatic carbocycles. The predicted molar refractivity (Wildman–Crippen MR) is 183 cm³/mol. The van der Waals surface area contributed by atoms with Crippen molar-refractivity contribution in [3.05, 3.63) is 181 Å². The second-order valence-electron chi connectivity index (χ2n) is 11.2. The highest BCUT2D eigenvalue weighted by Gasteiger charge is 2.41. The number of benzene rings is 7. The highest BCUT2D eigenvalue weighted by Crippen LogP contribution is 2.56. The molecule has 216 valence electrons. The van der Waals surface area contributed by atoms with Gasteiger partial charge in [-0.15, -0.1) is 0 Å². The molecule has 0 bridgehead atoms. The zero-order valence-corrected chi connectivity index (χ0v) is 25.2. The molecule has 4 heteroatoms. The Kier molecular flexibility index (Phi) is 6.70. The van der Waals surface area contributed by atoms with E-state index in [1.807, 2.05) is 121 Å². The third kappa shape index (κ3) is 4.43. The Morgan fingerprint density at radius 3 is 1.71 bits per heavy atom. The second-order valence-corrected chi connectivity index (χ2v) is 13.9. The third-order valence-electron chi connectivity index (χ3n) is 8.68. The Morgan fingerprint density at radius 1 is 0.533 bits per heavy atom. The lowest BCUT2D eigenvalue weighted by atomic mass is 9.81. The van der Waals surface area contributed by atoms with Gasteiger partial charge in [-0.1, -0.05) is 146 Å². The first-order valence-electron chi connectivity index (χ1n) is 15.0. The molecule has 1 aliphatic rings. The number of ether oxygens (including phenoxy) is 1. The lowest BCUT2D eigenvalue weighted by molar-refractivity contribution is 0.245. The average Bonchev–Trinajstić information content (AvgIpc) is 3.11. The number of hydrogen-bond acceptors (Lipinski definition) is 2. The maximum Gasteiger partial charge on any atom is 0.172 e. The summed E-state index contributed by atoms with van der Waals surface area (Å²) < 4.78 is 37.6.